The molecule has 0 saturated carbocycles. The first-order chi connectivity index (χ1) is 7.68. The van der Waals surface area contributed by atoms with Gasteiger partial charge in [-0.25, -0.2) is 0 Å². The fraction of sp³-hybridized carbons (Fsp3) is 0.182. The van der Waals surface area contributed by atoms with Crippen LogP contribution in [0.2, 0.25) is 0 Å². The molecule has 0 atom stereocenters. The van der Waals surface area contributed by atoms with Crippen LogP contribution in [0.5, 0.6) is 0 Å². The Balaban J connectivity index is 2.29. The summed E-state index contributed by atoms with van der Waals surface area (Å²) in [4.78, 5) is 0. The molecule has 1 aromatic heterocycles. The minimum atomic E-state index is -1.21. The molecule has 2 nitrogen and oxygen atoms in total. The summed E-state index contributed by atoms with van der Waals surface area (Å²) in [7, 11) is 0.870. The number of nitrogens with zero attached hydrogens (tertiary/aromatic N) is 2. The van der Waals surface area contributed by atoms with Crippen LogP contribution in [0.15, 0.2) is 42.7 Å². The van der Waals surface area contributed by atoms with Crippen LogP contribution in [-0.4, -0.2) is 14.9 Å². The Morgan fingerprint density at radius 2 is 1.94 bits per heavy atom. The molecule has 1 heterocycles. The van der Waals surface area contributed by atoms with Gasteiger partial charge in [-0.05, 0) is 0 Å². The molecule has 16 heavy (non-hydrogen) atoms. The number of aryl methyl sites for hydroxylation is 1. The molecule has 0 N–H and O–H groups in total. The Labute approximate surface area is 114 Å². The van der Waals surface area contributed by atoms with E-state index in [4.69, 9.17) is 0 Å². The Morgan fingerprint density at radius 1 is 1.25 bits per heavy atom. The molecular formula is C11H13Br2N2Se+. The zero-order valence-electron chi connectivity index (χ0n) is 8.85. The molecule has 2 rings (SSSR count). The van der Waals surface area contributed by atoms with Crippen LogP contribution < -0.4 is 9.29 Å². The number of rotatable bonds is 3. The third-order valence-corrected chi connectivity index (χ3v) is 7.52. The van der Waals surface area contributed by atoms with E-state index in [1.54, 1.807) is 0 Å². The van der Waals surface area contributed by atoms with Crippen molar-refractivity contribution in [3.05, 3.63) is 48.3 Å². The van der Waals surface area contributed by atoms with Crippen molar-refractivity contribution in [2.75, 3.05) is 0 Å². The summed E-state index contributed by atoms with van der Waals surface area (Å²) in [5.41, 5.74) is 1.33. The van der Waals surface area contributed by atoms with Gasteiger partial charge >= 0.3 is 114 Å². The van der Waals surface area contributed by atoms with Crippen molar-refractivity contribution in [1.82, 2.24) is 4.57 Å². The molecule has 0 bridgehead atoms. The molecule has 0 radical (unpaired) electrons. The standard InChI is InChI=1S/C11H13Br2N2Se/c1-14-7-8-15(11(14)16(12)13)9-10-5-3-2-4-6-10/h2-8,16H,9H2,1H3/q+1. The quantitative estimate of drug-likeness (QED) is 0.535. The summed E-state index contributed by atoms with van der Waals surface area (Å²) < 4.78 is 5.81. The van der Waals surface area contributed by atoms with Crippen molar-refractivity contribution >= 4 is 43.2 Å². The van der Waals surface area contributed by atoms with E-state index in [0.29, 0.717) is 0 Å². The van der Waals surface area contributed by atoms with Crippen LogP contribution >= 0.6 is 28.2 Å². The Hall–Kier alpha value is -0.0905. The van der Waals surface area contributed by atoms with Gasteiger partial charge in [0.1, 0.15) is 0 Å². The van der Waals surface area contributed by atoms with E-state index in [9.17, 15) is 0 Å². The molecule has 5 heteroatoms. The second-order valence-electron chi connectivity index (χ2n) is 3.56. The van der Waals surface area contributed by atoms with Gasteiger partial charge in [-0.3, -0.25) is 0 Å². The van der Waals surface area contributed by atoms with Gasteiger partial charge in [0.15, 0.2) is 0 Å². The van der Waals surface area contributed by atoms with Crippen molar-refractivity contribution < 1.29 is 4.57 Å². The van der Waals surface area contributed by atoms with Gasteiger partial charge in [0.05, 0.1) is 0 Å². The molecule has 0 saturated heterocycles. The molecule has 1 aromatic carbocycles. The van der Waals surface area contributed by atoms with Crippen LogP contribution in [0.25, 0.3) is 0 Å². The molecular weight excluding hydrogens is 399 g/mol. The van der Waals surface area contributed by atoms with Crippen molar-refractivity contribution in [1.29, 1.82) is 0 Å². The molecule has 0 amide bonds. The van der Waals surface area contributed by atoms with Crippen molar-refractivity contribution in [2.24, 2.45) is 7.05 Å². The second kappa shape index (κ2) is 5.50. The summed E-state index contributed by atoms with van der Waals surface area (Å²) in [5.74, 6) is 0. The number of aromatic nitrogens is 2. The van der Waals surface area contributed by atoms with E-state index in [1.165, 1.54) is 10.3 Å². The number of hydrogen-bond donors (Lipinski definition) is 0. The first-order valence-electron chi connectivity index (χ1n) is 4.89. The van der Waals surface area contributed by atoms with Gasteiger partial charge in [-0.15, -0.1) is 0 Å². The first kappa shape index (κ1) is 12.4. The topological polar surface area (TPSA) is 8.81 Å². The third-order valence-electron chi connectivity index (χ3n) is 2.39. The zero-order valence-corrected chi connectivity index (χ0v) is 13.9. The van der Waals surface area contributed by atoms with E-state index < -0.39 is 10.3 Å². The molecule has 0 unspecified atom stereocenters. The predicted octanol–water partition coefficient (Wildman–Crippen LogP) is 1.58. The normalized spacial score (nSPS) is 11.6. The predicted molar refractivity (Wildman–Crippen MR) is 75.8 cm³/mol. The van der Waals surface area contributed by atoms with Crippen LogP contribution in [-0.2, 0) is 13.6 Å². The van der Waals surface area contributed by atoms with Crippen LogP contribution in [0.1, 0.15) is 5.56 Å². The van der Waals surface area contributed by atoms with Crippen molar-refractivity contribution in [3.8, 4) is 0 Å². The number of halogens is 2. The third kappa shape index (κ3) is 2.77. The van der Waals surface area contributed by atoms with E-state index in [0.717, 1.165) is 6.54 Å². The number of hydrogen-bond acceptors (Lipinski definition) is 0. The Morgan fingerprint density at radius 3 is 2.56 bits per heavy atom. The summed E-state index contributed by atoms with van der Waals surface area (Å²) in [6.45, 7) is 0.930. The maximum atomic E-state index is 3.70. The monoisotopic (exact) mass is 411 g/mol. The van der Waals surface area contributed by atoms with E-state index in [2.05, 4.69) is 81.1 Å². The van der Waals surface area contributed by atoms with E-state index >= 15 is 0 Å². The molecule has 0 spiro atoms. The molecule has 2 aromatic rings. The summed E-state index contributed by atoms with van der Waals surface area (Å²) >= 11 is 7.40. The van der Waals surface area contributed by atoms with Gasteiger partial charge in [0.25, 0.3) is 0 Å². The Bertz CT molecular complexity index is 468. The first-order valence-corrected chi connectivity index (χ1v) is 14.6. The van der Waals surface area contributed by atoms with Gasteiger partial charge in [-0.2, -0.15) is 0 Å². The average molecular weight is 412 g/mol. The van der Waals surface area contributed by atoms with E-state index in [-0.39, 0.29) is 0 Å². The van der Waals surface area contributed by atoms with Gasteiger partial charge in [0, 0.05) is 0 Å². The molecule has 86 valence electrons. The van der Waals surface area contributed by atoms with Crippen LogP contribution in [0, 0.1) is 0 Å². The summed E-state index contributed by atoms with van der Waals surface area (Å²) in [6.07, 6.45) is 4.23. The van der Waals surface area contributed by atoms with Gasteiger partial charge in [0.2, 0.25) is 0 Å². The average Bonchev–Trinajstić information content (AvgIpc) is 2.61. The Kier molecular flexibility index (Phi) is 4.25. The van der Waals surface area contributed by atoms with E-state index in [1.807, 2.05) is 6.07 Å². The molecule has 0 aliphatic rings. The van der Waals surface area contributed by atoms with Crippen LogP contribution in [0.4, 0.5) is 0 Å². The van der Waals surface area contributed by atoms with Crippen molar-refractivity contribution in [2.45, 2.75) is 6.54 Å². The van der Waals surface area contributed by atoms with Gasteiger partial charge < -0.3 is 0 Å². The molecule has 0 aliphatic heterocycles. The fourth-order valence-electron chi connectivity index (χ4n) is 1.64. The van der Waals surface area contributed by atoms with Crippen LogP contribution in [0.3, 0.4) is 0 Å². The summed E-state index contributed by atoms with van der Waals surface area (Å²) in [6, 6.07) is 10.5. The number of benzene rings is 1. The van der Waals surface area contributed by atoms with Crippen molar-refractivity contribution in [3.63, 3.8) is 0 Å². The summed E-state index contributed by atoms with van der Waals surface area (Å²) in [5, 5.41) is 0. The van der Waals surface area contributed by atoms with Gasteiger partial charge in [-0.1, -0.05) is 0 Å². The molecule has 0 fully saturated rings. The SMILES string of the molecule is C[n+]1ccn(Cc2ccccc2)c1[SeH](Br)Br. The second-order valence-corrected chi connectivity index (χ2v) is 17.7. The fourth-order valence-corrected chi connectivity index (χ4v) is 7.69. The minimum absolute atomic E-state index is 0.930. The number of imidazole rings is 1. The zero-order chi connectivity index (χ0) is 11.5. The maximum absolute atomic E-state index is 3.70. The molecule has 0 aliphatic carbocycles.